The molecule has 108 valence electrons. The highest BCUT2D eigenvalue weighted by atomic mass is 79.9. The zero-order valence-corrected chi connectivity index (χ0v) is 12.9. The van der Waals surface area contributed by atoms with Crippen LogP contribution < -0.4 is 5.32 Å². The van der Waals surface area contributed by atoms with E-state index in [2.05, 4.69) is 21.2 Å². The minimum Gasteiger partial charge on any atom is -0.339 e. The van der Waals surface area contributed by atoms with E-state index < -0.39 is 0 Å². The zero-order chi connectivity index (χ0) is 14.2. The van der Waals surface area contributed by atoms with Crippen LogP contribution in [-0.4, -0.2) is 37.0 Å². The van der Waals surface area contributed by atoms with Crippen LogP contribution >= 0.6 is 15.9 Å². The molecular weight excluding hydrogens is 323 g/mol. The molecule has 2 heterocycles. The van der Waals surface area contributed by atoms with Crippen LogP contribution in [0, 0.1) is 11.2 Å². The van der Waals surface area contributed by atoms with E-state index in [0.29, 0.717) is 15.5 Å². The lowest BCUT2D eigenvalue weighted by molar-refractivity contribution is 0.0606. The summed E-state index contributed by atoms with van der Waals surface area (Å²) in [6.45, 7) is 3.69. The minimum absolute atomic E-state index is 0.0721. The Morgan fingerprint density at radius 3 is 2.70 bits per heavy atom. The third kappa shape index (κ3) is 2.61. The lowest BCUT2D eigenvalue weighted by Gasteiger charge is -2.39. The highest BCUT2D eigenvalue weighted by Gasteiger charge is 2.38. The molecule has 2 aliphatic rings. The zero-order valence-electron chi connectivity index (χ0n) is 11.3. The number of rotatable bonds is 1. The summed E-state index contributed by atoms with van der Waals surface area (Å²) in [5.41, 5.74) is 0.807. The maximum atomic E-state index is 13.3. The van der Waals surface area contributed by atoms with Crippen molar-refractivity contribution in [1.82, 2.24) is 10.2 Å². The number of benzene rings is 1. The van der Waals surface area contributed by atoms with E-state index in [4.69, 9.17) is 0 Å². The van der Waals surface area contributed by atoms with Gasteiger partial charge in [-0.2, -0.15) is 0 Å². The van der Waals surface area contributed by atoms with Gasteiger partial charge in [0.15, 0.2) is 0 Å². The number of nitrogens with one attached hydrogen (secondary N) is 1. The molecule has 2 aliphatic heterocycles. The van der Waals surface area contributed by atoms with Crippen molar-refractivity contribution < 1.29 is 9.18 Å². The predicted molar refractivity (Wildman–Crippen MR) is 79.2 cm³/mol. The molecule has 0 aliphatic carbocycles. The number of hydrogen-bond acceptors (Lipinski definition) is 2. The molecule has 1 N–H and O–H groups in total. The average molecular weight is 341 g/mol. The first-order valence-corrected chi connectivity index (χ1v) is 7.84. The van der Waals surface area contributed by atoms with E-state index in [1.54, 1.807) is 6.07 Å². The molecular formula is C15H18BrFN2O. The molecule has 5 heteroatoms. The summed E-state index contributed by atoms with van der Waals surface area (Å²) in [7, 11) is 0. The molecule has 3 nitrogen and oxygen atoms in total. The third-order valence-electron chi connectivity index (χ3n) is 4.60. The van der Waals surface area contributed by atoms with Gasteiger partial charge in [0.2, 0.25) is 0 Å². The van der Waals surface area contributed by atoms with Gasteiger partial charge in [-0.3, -0.25) is 4.79 Å². The Hall–Kier alpha value is -0.940. The van der Waals surface area contributed by atoms with E-state index in [-0.39, 0.29) is 11.7 Å². The van der Waals surface area contributed by atoms with Crippen molar-refractivity contribution in [2.45, 2.75) is 19.3 Å². The summed E-state index contributed by atoms with van der Waals surface area (Å²) in [4.78, 5) is 14.3. The molecule has 1 aromatic rings. The molecule has 3 rings (SSSR count). The molecule has 0 unspecified atom stereocenters. The Morgan fingerprint density at radius 2 is 2.05 bits per heavy atom. The third-order valence-corrected chi connectivity index (χ3v) is 5.29. The van der Waals surface area contributed by atoms with Gasteiger partial charge < -0.3 is 10.2 Å². The fourth-order valence-corrected chi connectivity index (χ4v) is 3.65. The van der Waals surface area contributed by atoms with Gasteiger partial charge in [-0.1, -0.05) is 0 Å². The second-order valence-electron chi connectivity index (χ2n) is 5.84. The van der Waals surface area contributed by atoms with Crippen molar-refractivity contribution in [1.29, 1.82) is 0 Å². The van der Waals surface area contributed by atoms with Crippen LogP contribution in [0.3, 0.4) is 0 Å². The molecule has 0 saturated carbocycles. The summed E-state index contributed by atoms with van der Waals surface area (Å²) in [6.07, 6.45) is 3.29. The maximum Gasteiger partial charge on any atom is 0.255 e. The number of hydrogen-bond donors (Lipinski definition) is 1. The maximum absolute atomic E-state index is 13.3. The smallest absolute Gasteiger partial charge is 0.255 e. The Morgan fingerprint density at radius 1 is 1.30 bits per heavy atom. The van der Waals surface area contributed by atoms with Crippen LogP contribution in [0.15, 0.2) is 22.7 Å². The van der Waals surface area contributed by atoms with E-state index in [9.17, 15) is 9.18 Å². The van der Waals surface area contributed by atoms with Crippen molar-refractivity contribution in [2.75, 3.05) is 26.2 Å². The minimum atomic E-state index is -0.370. The molecule has 1 aromatic carbocycles. The monoisotopic (exact) mass is 340 g/mol. The fraction of sp³-hybridized carbons (Fsp3) is 0.533. The van der Waals surface area contributed by atoms with Crippen LogP contribution in [0.1, 0.15) is 29.6 Å². The fourth-order valence-electron chi connectivity index (χ4n) is 3.24. The molecule has 0 atom stereocenters. The predicted octanol–water partition coefficient (Wildman–Crippen LogP) is 2.80. The van der Waals surface area contributed by atoms with Crippen LogP contribution in [-0.2, 0) is 0 Å². The molecule has 1 amide bonds. The summed E-state index contributed by atoms with van der Waals surface area (Å²) in [5, 5.41) is 3.41. The number of amides is 1. The average Bonchev–Trinajstić information content (AvgIpc) is 2.90. The van der Waals surface area contributed by atoms with Gasteiger partial charge in [0.1, 0.15) is 5.82 Å². The first kappa shape index (κ1) is 14.0. The van der Waals surface area contributed by atoms with Crippen LogP contribution in [0.25, 0.3) is 0 Å². The van der Waals surface area contributed by atoms with Crippen molar-refractivity contribution in [3.05, 3.63) is 34.1 Å². The van der Waals surface area contributed by atoms with Gasteiger partial charge in [0.25, 0.3) is 5.91 Å². The van der Waals surface area contributed by atoms with Crippen LogP contribution in [0.2, 0.25) is 0 Å². The Labute approximate surface area is 126 Å². The van der Waals surface area contributed by atoms with Crippen LogP contribution in [0.4, 0.5) is 4.39 Å². The summed E-state index contributed by atoms with van der Waals surface area (Å²) in [6, 6.07) is 4.26. The van der Waals surface area contributed by atoms with E-state index in [0.717, 1.165) is 39.0 Å². The molecule has 2 fully saturated rings. The summed E-state index contributed by atoms with van der Waals surface area (Å²) in [5.74, 6) is -0.442. The SMILES string of the molecule is O=C(c1cc(F)ccc1Br)N1CCC2(CCNC2)CC1. The largest absolute Gasteiger partial charge is 0.339 e. The number of carbonyl (C=O) groups is 1. The Balaban J connectivity index is 1.71. The second-order valence-corrected chi connectivity index (χ2v) is 6.70. The van der Waals surface area contributed by atoms with Gasteiger partial charge in [-0.05, 0) is 65.4 Å². The molecule has 0 radical (unpaired) electrons. The highest BCUT2D eigenvalue weighted by molar-refractivity contribution is 9.10. The van der Waals surface area contributed by atoms with E-state index >= 15 is 0 Å². The van der Waals surface area contributed by atoms with Gasteiger partial charge in [-0.15, -0.1) is 0 Å². The van der Waals surface area contributed by atoms with E-state index in [1.807, 2.05) is 4.90 Å². The number of piperidine rings is 1. The quantitative estimate of drug-likeness (QED) is 0.852. The Kier molecular flexibility index (Phi) is 3.82. The summed E-state index contributed by atoms with van der Waals surface area (Å²) < 4.78 is 14.0. The summed E-state index contributed by atoms with van der Waals surface area (Å²) >= 11 is 3.33. The van der Waals surface area contributed by atoms with Gasteiger partial charge in [-0.25, -0.2) is 4.39 Å². The first-order valence-electron chi connectivity index (χ1n) is 7.05. The van der Waals surface area contributed by atoms with Crippen molar-refractivity contribution in [3.63, 3.8) is 0 Å². The molecule has 0 aromatic heterocycles. The number of likely N-dealkylation sites (tertiary alicyclic amines) is 1. The topological polar surface area (TPSA) is 32.3 Å². The normalized spacial score (nSPS) is 21.4. The van der Waals surface area contributed by atoms with Gasteiger partial charge in [0, 0.05) is 24.1 Å². The number of carbonyl (C=O) groups excluding carboxylic acids is 1. The van der Waals surface area contributed by atoms with Crippen molar-refractivity contribution >= 4 is 21.8 Å². The molecule has 20 heavy (non-hydrogen) atoms. The standard InChI is InChI=1S/C15H18BrFN2O/c16-13-2-1-11(17)9-12(13)14(20)19-7-4-15(5-8-19)3-6-18-10-15/h1-2,9,18H,3-8,10H2. The highest BCUT2D eigenvalue weighted by Crippen LogP contribution is 2.37. The van der Waals surface area contributed by atoms with Gasteiger partial charge >= 0.3 is 0 Å². The molecule has 1 spiro atoms. The van der Waals surface area contributed by atoms with Crippen LogP contribution in [0.5, 0.6) is 0 Å². The first-order chi connectivity index (χ1) is 9.60. The van der Waals surface area contributed by atoms with Crippen molar-refractivity contribution in [3.8, 4) is 0 Å². The number of nitrogens with zero attached hydrogens (tertiary/aromatic N) is 1. The van der Waals surface area contributed by atoms with Gasteiger partial charge in [0.05, 0.1) is 5.56 Å². The van der Waals surface area contributed by atoms with Crippen molar-refractivity contribution in [2.24, 2.45) is 5.41 Å². The second kappa shape index (κ2) is 5.45. The lowest BCUT2D eigenvalue weighted by atomic mass is 9.78. The van der Waals surface area contributed by atoms with E-state index in [1.165, 1.54) is 18.6 Å². The number of halogens is 2. The lowest BCUT2D eigenvalue weighted by Crippen LogP contribution is -2.44. The molecule has 0 bridgehead atoms. The Bertz CT molecular complexity index is 519. The molecule has 2 saturated heterocycles.